The van der Waals surface area contributed by atoms with E-state index >= 15 is 0 Å². The Morgan fingerprint density at radius 3 is 2.71 bits per heavy atom. The van der Waals surface area contributed by atoms with Crippen LogP contribution in [0.25, 0.3) is 0 Å². The molecule has 0 spiro atoms. The monoisotopic (exact) mass is 301 g/mol. The van der Waals surface area contributed by atoms with Crippen molar-refractivity contribution < 1.29 is 14.6 Å². The molecule has 0 saturated heterocycles. The largest absolute Gasteiger partial charge is 0.478 e. The minimum Gasteiger partial charge on any atom is -0.478 e. The zero-order valence-corrected chi connectivity index (χ0v) is 11.7. The number of carboxylic acid groups (broad SMARTS) is 1. The molecular formula is C12H16BrNO3. The summed E-state index contributed by atoms with van der Waals surface area (Å²) in [6, 6.07) is 5.11. The van der Waals surface area contributed by atoms with E-state index < -0.39 is 5.97 Å². The Labute approximate surface area is 109 Å². The van der Waals surface area contributed by atoms with E-state index in [1.165, 1.54) is 0 Å². The van der Waals surface area contributed by atoms with Crippen LogP contribution in [0, 0.1) is 0 Å². The molecule has 0 saturated carbocycles. The molecule has 0 heterocycles. The summed E-state index contributed by atoms with van der Waals surface area (Å²) in [6.45, 7) is 4.39. The molecule has 0 bridgehead atoms. The fourth-order valence-corrected chi connectivity index (χ4v) is 1.59. The van der Waals surface area contributed by atoms with Crippen LogP contribution in [0.4, 0.5) is 5.69 Å². The molecule has 0 atom stereocenters. The van der Waals surface area contributed by atoms with Gasteiger partial charge in [0.25, 0.3) is 0 Å². The van der Waals surface area contributed by atoms with Crippen LogP contribution in [0.3, 0.4) is 0 Å². The Bertz CT molecular complexity index is 418. The maximum atomic E-state index is 11.1. The predicted molar refractivity (Wildman–Crippen MR) is 70.7 cm³/mol. The zero-order valence-electron chi connectivity index (χ0n) is 10.1. The molecule has 0 aromatic heterocycles. The number of aromatic carboxylic acids is 1. The van der Waals surface area contributed by atoms with Gasteiger partial charge in [-0.3, -0.25) is 0 Å². The number of ether oxygens (including phenoxy) is 1. The van der Waals surface area contributed by atoms with Crippen molar-refractivity contribution in [2.75, 3.05) is 19.0 Å². The standard InChI is InChI=1S/C12H16BrNO3/c1-12(2,17-3)7-14-10-5-4-8(13)6-9(10)11(15)16/h4-6,14H,7H2,1-3H3,(H,15,16). The van der Waals surface area contributed by atoms with Crippen molar-refractivity contribution in [3.63, 3.8) is 0 Å². The summed E-state index contributed by atoms with van der Waals surface area (Å²) in [6.07, 6.45) is 0. The van der Waals surface area contributed by atoms with Crippen molar-refractivity contribution in [2.24, 2.45) is 0 Å². The highest BCUT2D eigenvalue weighted by atomic mass is 79.9. The fourth-order valence-electron chi connectivity index (χ4n) is 1.23. The molecular weight excluding hydrogens is 286 g/mol. The number of halogens is 1. The van der Waals surface area contributed by atoms with Crippen LogP contribution >= 0.6 is 15.9 Å². The topological polar surface area (TPSA) is 58.6 Å². The minimum absolute atomic E-state index is 0.242. The van der Waals surface area contributed by atoms with Gasteiger partial charge in [0.15, 0.2) is 0 Å². The lowest BCUT2D eigenvalue weighted by Gasteiger charge is -2.24. The quantitative estimate of drug-likeness (QED) is 0.878. The zero-order chi connectivity index (χ0) is 13.1. The van der Waals surface area contributed by atoms with E-state index in [4.69, 9.17) is 9.84 Å². The Kier molecular flexibility index (Phi) is 4.54. The first kappa shape index (κ1) is 14.0. The summed E-state index contributed by atoms with van der Waals surface area (Å²) in [5, 5.41) is 12.2. The van der Waals surface area contributed by atoms with Gasteiger partial charge in [-0.2, -0.15) is 0 Å². The average molecular weight is 302 g/mol. The molecule has 1 aromatic carbocycles. The van der Waals surface area contributed by atoms with E-state index in [9.17, 15) is 4.79 Å². The third-order valence-corrected chi connectivity index (χ3v) is 2.96. The van der Waals surface area contributed by atoms with Crippen molar-refractivity contribution in [3.05, 3.63) is 28.2 Å². The second kappa shape index (κ2) is 5.51. The SMILES string of the molecule is COC(C)(C)CNc1ccc(Br)cc1C(=O)O. The van der Waals surface area contributed by atoms with Gasteiger partial charge in [0, 0.05) is 23.8 Å². The smallest absolute Gasteiger partial charge is 0.337 e. The summed E-state index contributed by atoms with van der Waals surface area (Å²) in [7, 11) is 1.63. The Morgan fingerprint density at radius 1 is 1.53 bits per heavy atom. The molecule has 0 aliphatic heterocycles. The highest BCUT2D eigenvalue weighted by molar-refractivity contribution is 9.10. The van der Waals surface area contributed by atoms with Gasteiger partial charge in [0.05, 0.1) is 11.2 Å². The number of nitrogens with one attached hydrogen (secondary N) is 1. The number of carboxylic acids is 1. The van der Waals surface area contributed by atoms with Gasteiger partial charge in [-0.1, -0.05) is 15.9 Å². The van der Waals surface area contributed by atoms with Gasteiger partial charge in [-0.05, 0) is 32.0 Å². The summed E-state index contributed by atoms with van der Waals surface area (Å²) in [5.41, 5.74) is 0.486. The lowest BCUT2D eigenvalue weighted by molar-refractivity contribution is 0.0343. The van der Waals surface area contributed by atoms with Gasteiger partial charge in [-0.25, -0.2) is 4.79 Å². The number of benzene rings is 1. The molecule has 0 fully saturated rings. The minimum atomic E-state index is -0.955. The third kappa shape index (κ3) is 4.02. The maximum absolute atomic E-state index is 11.1. The van der Waals surface area contributed by atoms with Crippen LogP contribution in [0.1, 0.15) is 24.2 Å². The molecule has 0 unspecified atom stereocenters. The van der Waals surface area contributed by atoms with Crippen LogP contribution in [-0.4, -0.2) is 30.3 Å². The van der Waals surface area contributed by atoms with E-state index in [0.717, 1.165) is 4.47 Å². The van der Waals surface area contributed by atoms with Crippen molar-refractivity contribution in [1.29, 1.82) is 0 Å². The first-order valence-electron chi connectivity index (χ1n) is 5.17. The number of rotatable bonds is 5. The van der Waals surface area contributed by atoms with Gasteiger partial charge >= 0.3 is 5.97 Å². The van der Waals surface area contributed by atoms with Gasteiger partial charge in [0.2, 0.25) is 0 Å². The van der Waals surface area contributed by atoms with Gasteiger partial charge in [-0.15, -0.1) is 0 Å². The fraction of sp³-hybridized carbons (Fsp3) is 0.417. The molecule has 0 aliphatic carbocycles. The van der Waals surface area contributed by atoms with Crippen LogP contribution in [0.15, 0.2) is 22.7 Å². The van der Waals surface area contributed by atoms with Gasteiger partial charge in [0.1, 0.15) is 0 Å². The number of hydrogen-bond donors (Lipinski definition) is 2. The number of carbonyl (C=O) groups is 1. The first-order chi connectivity index (χ1) is 7.85. The van der Waals surface area contributed by atoms with E-state index in [2.05, 4.69) is 21.2 Å². The number of hydrogen-bond acceptors (Lipinski definition) is 3. The second-order valence-corrected chi connectivity index (χ2v) is 5.23. The second-order valence-electron chi connectivity index (χ2n) is 4.31. The van der Waals surface area contributed by atoms with Crippen LogP contribution < -0.4 is 5.32 Å². The normalized spacial score (nSPS) is 11.3. The van der Waals surface area contributed by atoms with E-state index in [-0.39, 0.29) is 11.2 Å². The molecule has 5 heteroatoms. The molecule has 1 aromatic rings. The van der Waals surface area contributed by atoms with E-state index in [1.807, 2.05) is 13.8 Å². The van der Waals surface area contributed by atoms with E-state index in [0.29, 0.717) is 12.2 Å². The summed E-state index contributed by atoms with van der Waals surface area (Å²) in [5.74, 6) is -0.955. The lowest BCUT2D eigenvalue weighted by Crippen LogP contribution is -2.32. The lowest BCUT2D eigenvalue weighted by atomic mass is 10.1. The molecule has 4 nitrogen and oxygen atoms in total. The van der Waals surface area contributed by atoms with Crippen LogP contribution in [0.5, 0.6) is 0 Å². The summed E-state index contributed by atoms with van der Waals surface area (Å²) >= 11 is 3.25. The maximum Gasteiger partial charge on any atom is 0.337 e. The van der Waals surface area contributed by atoms with Gasteiger partial charge < -0.3 is 15.2 Å². The van der Waals surface area contributed by atoms with Crippen LogP contribution in [-0.2, 0) is 4.74 Å². The van der Waals surface area contributed by atoms with E-state index in [1.54, 1.807) is 25.3 Å². The molecule has 94 valence electrons. The van der Waals surface area contributed by atoms with Crippen molar-refractivity contribution in [1.82, 2.24) is 0 Å². The van der Waals surface area contributed by atoms with Crippen LogP contribution in [0.2, 0.25) is 0 Å². The van der Waals surface area contributed by atoms with Crippen molar-refractivity contribution >= 4 is 27.6 Å². The first-order valence-corrected chi connectivity index (χ1v) is 5.97. The average Bonchev–Trinajstić information content (AvgIpc) is 2.27. The molecule has 0 radical (unpaired) electrons. The third-order valence-electron chi connectivity index (χ3n) is 2.47. The number of anilines is 1. The highest BCUT2D eigenvalue weighted by Crippen LogP contribution is 2.22. The molecule has 0 aliphatic rings. The summed E-state index contributed by atoms with van der Waals surface area (Å²) in [4.78, 5) is 11.1. The molecule has 1 rings (SSSR count). The Hall–Kier alpha value is -1.07. The highest BCUT2D eigenvalue weighted by Gasteiger charge is 2.17. The Morgan fingerprint density at radius 2 is 2.18 bits per heavy atom. The summed E-state index contributed by atoms with van der Waals surface area (Å²) < 4.78 is 6.01. The number of methoxy groups -OCH3 is 1. The molecule has 17 heavy (non-hydrogen) atoms. The molecule has 2 N–H and O–H groups in total. The Balaban J connectivity index is 2.88. The van der Waals surface area contributed by atoms with Crippen molar-refractivity contribution in [3.8, 4) is 0 Å². The predicted octanol–water partition coefficient (Wildman–Crippen LogP) is 2.98. The van der Waals surface area contributed by atoms with Crippen molar-refractivity contribution in [2.45, 2.75) is 19.4 Å². The molecule has 0 amide bonds.